The zero-order chi connectivity index (χ0) is 14.9. The number of hydrogen-bond acceptors (Lipinski definition) is 0. The Morgan fingerprint density at radius 2 is 1.17 bits per heavy atom. The summed E-state index contributed by atoms with van der Waals surface area (Å²) in [6, 6.07) is 0. The van der Waals surface area contributed by atoms with Crippen LogP contribution in [0.4, 0.5) is 0 Å². The molecule has 4 heteroatoms. The summed E-state index contributed by atoms with van der Waals surface area (Å²) >= 11 is 0.0975. The predicted molar refractivity (Wildman–Crippen MR) is 92.1 cm³/mol. The molecule has 5 rings (SSSR count). The third-order valence-electron chi connectivity index (χ3n) is 6.86. The number of halogens is 2. The molecule has 128 valence electrons. The fourth-order valence-electron chi connectivity index (χ4n) is 5.61. The van der Waals surface area contributed by atoms with Gasteiger partial charge < -0.3 is 24.8 Å². The Labute approximate surface area is 169 Å². The number of fused-ring (bicyclic) bond motifs is 4. The monoisotopic (exact) mass is 412 g/mol. The van der Waals surface area contributed by atoms with Gasteiger partial charge in [0.05, 0.1) is 0 Å². The van der Waals surface area contributed by atoms with Crippen molar-refractivity contribution >= 4 is 8.07 Å². The average Bonchev–Trinajstić information content (AvgIpc) is 3.08. The van der Waals surface area contributed by atoms with Gasteiger partial charge in [0.2, 0.25) is 0 Å². The Kier molecular flexibility index (Phi) is 5.52. The first-order valence-corrected chi connectivity index (χ1v) is 14.1. The molecule has 0 amide bonds. The summed E-state index contributed by atoms with van der Waals surface area (Å²) in [6.07, 6.45) is 16.9. The van der Waals surface area contributed by atoms with Crippen LogP contribution in [0.5, 0.6) is 0 Å². The SMILES string of the molecule is C[Si]1(C)C2=CC3=C(CCCC3)[CH]2[Ti+2][CH]2C1=CC1=C2CCCC1.[Cl-].[Cl-]. The number of rotatable bonds is 0. The second-order valence-corrected chi connectivity index (χ2v) is 15.1. The summed E-state index contributed by atoms with van der Waals surface area (Å²) in [5, 5.41) is 3.92. The molecule has 0 aromatic heterocycles. The molecule has 0 radical (unpaired) electrons. The van der Waals surface area contributed by atoms with Crippen molar-refractivity contribution in [3.05, 3.63) is 44.8 Å². The van der Waals surface area contributed by atoms with Crippen LogP contribution in [0, 0.1) is 0 Å². The summed E-state index contributed by atoms with van der Waals surface area (Å²) in [4.78, 5) is 0. The van der Waals surface area contributed by atoms with Gasteiger partial charge in [0.15, 0.2) is 0 Å². The maximum atomic E-state index is 2.73. The molecular formula is C20H26Cl2SiTi. The van der Waals surface area contributed by atoms with Crippen LogP contribution < -0.4 is 24.8 Å². The Balaban J connectivity index is 0.000000845. The molecule has 1 fully saturated rings. The van der Waals surface area contributed by atoms with Crippen molar-refractivity contribution in [1.29, 1.82) is 0 Å². The van der Waals surface area contributed by atoms with Gasteiger partial charge in [-0.2, -0.15) is 0 Å². The van der Waals surface area contributed by atoms with E-state index < -0.39 is 8.07 Å². The van der Waals surface area contributed by atoms with E-state index in [0.717, 1.165) is 8.45 Å². The van der Waals surface area contributed by atoms with Crippen molar-refractivity contribution in [2.24, 2.45) is 0 Å². The van der Waals surface area contributed by atoms with E-state index in [2.05, 4.69) is 25.2 Å². The molecule has 0 nitrogen and oxygen atoms in total. The Hall–Kier alpha value is 0.471. The molecule has 0 N–H and O–H groups in total. The van der Waals surface area contributed by atoms with E-state index in [1.54, 1.807) is 11.1 Å². The van der Waals surface area contributed by atoms with E-state index in [1.807, 2.05) is 21.5 Å². The Bertz CT molecular complexity index is 628. The van der Waals surface area contributed by atoms with Crippen LogP contribution in [0.25, 0.3) is 0 Å². The number of hydrogen-bond donors (Lipinski definition) is 0. The summed E-state index contributed by atoms with van der Waals surface area (Å²) in [6.45, 7) is 5.35. The van der Waals surface area contributed by atoms with Gasteiger partial charge in [-0.1, -0.05) is 0 Å². The van der Waals surface area contributed by atoms with Gasteiger partial charge in [-0.15, -0.1) is 0 Å². The van der Waals surface area contributed by atoms with Crippen molar-refractivity contribution in [1.82, 2.24) is 0 Å². The molecule has 0 saturated carbocycles. The largest absolute Gasteiger partial charge is 1.00 e. The van der Waals surface area contributed by atoms with Gasteiger partial charge in [-0.3, -0.25) is 0 Å². The van der Waals surface area contributed by atoms with Crippen molar-refractivity contribution in [3.63, 3.8) is 0 Å². The molecule has 4 aliphatic carbocycles. The molecule has 0 aromatic rings. The molecule has 0 bridgehead atoms. The van der Waals surface area contributed by atoms with E-state index in [4.69, 9.17) is 0 Å². The van der Waals surface area contributed by atoms with Crippen LogP contribution in [0.1, 0.15) is 51.4 Å². The van der Waals surface area contributed by atoms with E-state index in [9.17, 15) is 0 Å². The minimum absolute atomic E-state index is 0. The normalized spacial score (nSPS) is 31.9. The van der Waals surface area contributed by atoms with E-state index >= 15 is 0 Å². The van der Waals surface area contributed by atoms with Crippen LogP contribution >= 0.6 is 0 Å². The fourth-order valence-corrected chi connectivity index (χ4v) is 15.9. The zero-order valence-electron chi connectivity index (χ0n) is 14.7. The van der Waals surface area contributed by atoms with Crippen LogP contribution in [0.2, 0.25) is 21.5 Å². The molecule has 1 heterocycles. The topological polar surface area (TPSA) is 0 Å². The first-order valence-electron chi connectivity index (χ1n) is 9.30. The van der Waals surface area contributed by atoms with Crippen molar-refractivity contribution in [2.45, 2.75) is 72.9 Å². The van der Waals surface area contributed by atoms with E-state index in [1.165, 1.54) is 51.4 Å². The molecule has 1 aliphatic heterocycles. The predicted octanol–water partition coefficient (Wildman–Crippen LogP) is 0.0755. The molecule has 2 atom stereocenters. The van der Waals surface area contributed by atoms with Gasteiger partial charge in [-0.05, 0) is 0 Å². The van der Waals surface area contributed by atoms with Crippen LogP contribution in [-0.2, 0) is 19.2 Å². The molecule has 2 unspecified atom stereocenters. The Morgan fingerprint density at radius 3 is 1.62 bits per heavy atom. The minimum Gasteiger partial charge on any atom is -1.00 e. The van der Waals surface area contributed by atoms with Crippen molar-refractivity contribution in [3.8, 4) is 0 Å². The van der Waals surface area contributed by atoms with Crippen molar-refractivity contribution < 1.29 is 44.0 Å². The van der Waals surface area contributed by atoms with Gasteiger partial charge in [-0.25, -0.2) is 0 Å². The van der Waals surface area contributed by atoms with Gasteiger partial charge in [0.1, 0.15) is 0 Å². The quantitative estimate of drug-likeness (QED) is 0.494. The molecule has 0 aromatic carbocycles. The molecule has 1 saturated heterocycles. The van der Waals surface area contributed by atoms with Gasteiger partial charge in [0, 0.05) is 0 Å². The van der Waals surface area contributed by atoms with Crippen molar-refractivity contribution in [2.75, 3.05) is 0 Å². The van der Waals surface area contributed by atoms with Crippen LogP contribution in [0.3, 0.4) is 0 Å². The summed E-state index contributed by atoms with van der Waals surface area (Å²) in [5.41, 5.74) is 7.47. The smallest absolute Gasteiger partial charge is 1.00 e. The maximum Gasteiger partial charge on any atom is -1.00 e. The van der Waals surface area contributed by atoms with Crippen LogP contribution in [-0.4, -0.2) is 8.07 Å². The summed E-state index contributed by atoms with van der Waals surface area (Å²) < 4.78 is 1.96. The molecule has 24 heavy (non-hydrogen) atoms. The Morgan fingerprint density at radius 1 is 0.750 bits per heavy atom. The summed E-state index contributed by atoms with van der Waals surface area (Å²) in [7, 11) is -1.36. The first-order chi connectivity index (χ1) is 10.7. The first kappa shape index (κ1) is 19.2. The zero-order valence-corrected chi connectivity index (χ0v) is 18.8. The van der Waals surface area contributed by atoms with E-state index in [0.29, 0.717) is 0 Å². The molecular weight excluding hydrogens is 387 g/mol. The van der Waals surface area contributed by atoms with Crippen LogP contribution in [0.15, 0.2) is 44.8 Å². The second-order valence-electron chi connectivity index (χ2n) is 8.37. The molecule has 0 spiro atoms. The van der Waals surface area contributed by atoms with E-state index in [-0.39, 0.29) is 44.0 Å². The third-order valence-corrected chi connectivity index (χ3v) is 14.6. The maximum absolute atomic E-state index is 2.73. The molecule has 5 aliphatic rings. The minimum atomic E-state index is -1.36. The van der Waals surface area contributed by atoms with Gasteiger partial charge >= 0.3 is 145 Å². The standard InChI is InChI=1S/C20H26Si.2ClH.Ti/c1-21(2,19-11-15-7-3-4-8-16(15)12-19)20-13-17-9-5-6-10-18(17)14-20;;;/h11-14H,3-10H2,1-2H3;2*1H;/q;;;+2/p-2. The fraction of sp³-hybridized carbons (Fsp3) is 0.600. The second kappa shape index (κ2) is 6.89. The summed E-state index contributed by atoms with van der Waals surface area (Å²) in [5.74, 6) is 0. The van der Waals surface area contributed by atoms with Gasteiger partial charge in [0.25, 0.3) is 0 Å². The number of allylic oxidation sites excluding steroid dienone is 8. The third kappa shape index (κ3) is 2.65. The average molecular weight is 413 g/mol.